The third kappa shape index (κ3) is 4.24. The highest BCUT2D eigenvalue weighted by atomic mass is 19.1. The number of piperidine rings is 2. The number of anilines is 1. The number of nitrogens with two attached hydrogens (primary N) is 1. The van der Waals surface area contributed by atoms with E-state index in [1.807, 2.05) is 4.90 Å². The molecule has 0 saturated carbocycles. The number of hydrogen-bond donors (Lipinski definition) is 1. The summed E-state index contributed by atoms with van der Waals surface area (Å²) in [5.41, 5.74) is 8.34. The number of carbonyl (C=O) groups excluding carboxylic acids is 1. The lowest BCUT2D eigenvalue weighted by Crippen LogP contribution is -2.45. The average Bonchev–Trinajstić information content (AvgIpc) is 2.74. The monoisotopic (exact) mass is 397 g/mol. The summed E-state index contributed by atoms with van der Waals surface area (Å²) in [7, 11) is 2.10. The highest BCUT2D eigenvalue weighted by Gasteiger charge is 2.35. The van der Waals surface area contributed by atoms with Crippen molar-refractivity contribution in [2.75, 3.05) is 32.4 Å². The zero-order valence-electron chi connectivity index (χ0n) is 16.9. The SMILES string of the molecule is CN1CCC(C(=O)N2CCCC[C@@H]2c2nc(N)ncc2-c2ccc(F)cc2)CC1. The number of halogens is 1. The molecule has 7 heteroatoms. The van der Waals surface area contributed by atoms with Gasteiger partial charge in [0.2, 0.25) is 11.9 Å². The number of rotatable bonds is 3. The van der Waals surface area contributed by atoms with Crippen molar-refractivity contribution in [3.63, 3.8) is 0 Å². The predicted molar refractivity (Wildman–Crippen MR) is 110 cm³/mol. The Labute approximate surface area is 170 Å². The summed E-state index contributed by atoms with van der Waals surface area (Å²) >= 11 is 0. The summed E-state index contributed by atoms with van der Waals surface area (Å²) in [4.78, 5) is 26.4. The van der Waals surface area contributed by atoms with Crippen LogP contribution in [-0.4, -0.2) is 52.4 Å². The second-order valence-corrected chi connectivity index (χ2v) is 8.15. The quantitative estimate of drug-likeness (QED) is 0.860. The maximum atomic E-state index is 13.4. The molecular formula is C22H28FN5O. The van der Waals surface area contributed by atoms with Crippen molar-refractivity contribution in [1.29, 1.82) is 0 Å². The second-order valence-electron chi connectivity index (χ2n) is 8.15. The molecule has 2 saturated heterocycles. The molecule has 29 heavy (non-hydrogen) atoms. The van der Waals surface area contributed by atoms with Crippen LogP contribution in [0.3, 0.4) is 0 Å². The smallest absolute Gasteiger partial charge is 0.226 e. The summed E-state index contributed by atoms with van der Waals surface area (Å²) in [6, 6.07) is 6.18. The van der Waals surface area contributed by atoms with Crippen LogP contribution in [-0.2, 0) is 4.79 Å². The van der Waals surface area contributed by atoms with Crippen molar-refractivity contribution in [1.82, 2.24) is 19.8 Å². The van der Waals surface area contributed by atoms with E-state index >= 15 is 0 Å². The van der Waals surface area contributed by atoms with E-state index in [0.29, 0.717) is 0 Å². The molecule has 2 aliphatic rings. The van der Waals surface area contributed by atoms with Gasteiger partial charge in [0.05, 0.1) is 11.7 Å². The van der Waals surface area contributed by atoms with Gasteiger partial charge in [-0.05, 0) is 69.9 Å². The van der Waals surface area contributed by atoms with Gasteiger partial charge in [-0.2, -0.15) is 0 Å². The summed E-state index contributed by atoms with van der Waals surface area (Å²) in [6.45, 7) is 2.65. The second kappa shape index (κ2) is 8.45. The van der Waals surface area contributed by atoms with Gasteiger partial charge in [0.1, 0.15) is 5.82 Å². The molecule has 0 radical (unpaired) electrons. The van der Waals surface area contributed by atoms with Crippen LogP contribution in [0.2, 0.25) is 0 Å². The van der Waals surface area contributed by atoms with Crippen LogP contribution in [0.25, 0.3) is 11.1 Å². The molecule has 2 N–H and O–H groups in total. The molecule has 1 atom stereocenters. The van der Waals surface area contributed by atoms with Crippen LogP contribution in [0.15, 0.2) is 30.5 Å². The van der Waals surface area contributed by atoms with Crippen molar-refractivity contribution < 1.29 is 9.18 Å². The molecule has 2 aliphatic heterocycles. The fourth-order valence-electron chi connectivity index (χ4n) is 4.48. The van der Waals surface area contributed by atoms with E-state index in [4.69, 9.17) is 5.73 Å². The first-order chi connectivity index (χ1) is 14.0. The molecule has 0 aliphatic carbocycles. The molecule has 0 unspecified atom stereocenters. The Bertz CT molecular complexity index is 864. The van der Waals surface area contributed by atoms with Gasteiger partial charge in [-0.15, -0.1) is 0 Å². The van der Waals surface area contributed by atoms with Crippen LogP contribution in [0.1, 0.15) is 43.8 Å². The first-order valence-corrected chi connectivity index (χ1v) is 10.4. The number of hydrogen-bond acceptors (Lipinski definition) is 5. The molecule has 0 bridgehead atoms. The molecule has 0 spiro atoms. The number of aromatic nitrogens is 2. The van der Waals surface area contributed by atoms with E-state index in [9.17, 15) is 9.18 Å². The van der Waals surface area contributed by atoms with Gasteiger partial charge in [-0.3, -0.25) is 4.79 Å². The molecule has 4 rings (SSSR count). The van der Waals surface area contributed by atoms with Crippen LogP contribution < -0.4 is 5.73 Å². The maximum absolute atomic E-state index is 13.4. The van der Waals surface area contributed by atoms with Crippen LogP contribution in [0.4, 0.5) is 10.3 Å². The lowest BCUT2D eigenvalue weighted by molar-refractivity contribution is -0.141. The minimum atomic E-state index is -0.289. The molecule has 154 valence electrons. The summed E-state index contributed by atoms with van der Waals surface area (Å²) < 4.78 is 13.4. The van der Waals surface area contributed by atoms with E-state index in [1.54, 1.807) is 18.3 Å². The van der Waals surface area contributed by atoms with E-state index in [1.165, 1.54) is 12.1 Å². The predicted octanol–water partition coefficient (Wildman–Crippen LogP) is 3.26. The zero-order valence-corrected chi connectivity index (χ0v) is 16.9. The van der Waals surface area contributed by atoms with Crippen molar-refractivity contribution in [3.05, 3.63) is 42.0 Å². The Morgan fingerprint density at radius 1 is 1.10 bits per heavy atom. The third-order valence-corrected chi connectivity index (χ3v) is 6.16. The Balaban J connectivity index is 1.67. The lowest BCUT2D eigenvalue weighted by Gasteiger charge is -2.39. The number of nitrogens with zero attached hydrogens (tertiary/aromatic N) is 4. The van der Waals surface area contributed by atoms with Crippen molar-refractivity contribution in [2.24, 2.45) is 5.92 Å². The Hall–Kier alpha value is -2.54. The summed E-state index contributed by atoms with van der Waals surface area (Å²) in [5.74, 6) is 0.205. The van der Waals surface area contributed by atoms with Crippen molar-refractivity contribution in [2.45, 2.75) is 38.1 Å². The minimum Gasteiger partial charge on any atom is -0.368 e. The molecule has 1 aromatic heterocycles. The number of carbonyl (C=O) groups is 1. The number of nitrogen functional groups attached to an aromatic ring is 1. The normalized spacial score (nSPS) is 21.3. The molecule has 2 fully saturated rings. The Kier molecular flexibility index (Phi) is 5.76. The first kappa shape index (κ1) is 19.8. The fraction of sp³-hybridized carbons (Fsp3) is 0.500. The van der Waals surface area contributed by atoms with Crippen molar-refractivity contribution >= 4 is 11.9 Å². The highest BCUT2D eigenvalue weighted by Crippen LogP contribution is 2.37. The standard InChI is InChI=1S/C22H28FN5O/c1-27-12-9-16(10-13-27)21(29)28-11-3-2-4-19(28)20-18(14-25-22(24)26-20)15-5-7-17(23)8-6-15/h5-8,14,16,19H,2-4,9-13H2,1H3,(H2,24,25,26)/t19-/m1/s1. The molecular weight excluding hydrogens is 369 g/mol. The molecule has 1 amide bonds. The summed E-state index contributed by atoms with van der Waals surface area (Å²) in [6.07, 6.45) is 6.38. The topological polar surface area (TPSA) is 75.4 Å². The summed E-state index contributed by atoms with van der Waals surface area (Å²) in [5, 5.41) is 0. The molecule has 1 aromatic carbocycles. The van der Waals surface area contributed by atoms with Gasteiger partial charge in [0.25, 0.3) is 0 Å². The molecule has 2 aromatic rings. The highest BCUT2D eigenvalue weighted by molar-refractivity contribution is 5.80. The van der Waals surface area contributed by atoms with Gasteiger partial charge in [0, 0.05) is 24.2 Å². The Morgan fingerprint density at radius 3 is 2.55 bits per heavy atom. The van der Waals surface area contributed by atoms with Gasteiger partial charge in [-0.25, -0.2) is 14.4 Å². The van der Waals surface area contributed by atoms with E-state index in [-0.39, 0.29) is 29.6 Å². The van der Waals surface area contributed by atoms with Crippen LogP contribution >= 0.6 is 0 Å². The average molecular weight is 397 g/mol. The van der Waals surface area contributed by atoms with E-state index in [2.05, 4.69) is 21.9 Å². The van der Waals surface area contributed by atoms with E-state index < -0.39 is 0 Å². The number of likely N-dealkylation sites (tertiary alicyclic amines) is 2. The van der Waals surface area contributed by atoms with Crippen LogP contribution in [0.5, 0.6) is 0 Å². The van der Waals surface area contributed by atoms with E-state index in [0.717, 1.165) is 68.6 Å². The molecule has 3 heterocycles. The van der Waals surface area contributed by atoms with Crippen LogP contribution in [0, 0.1) is 11.7 Å². The first-order valence-electron chi connectivity index (χ1n) is 10.4. The van der Waals surface area contributed by atoms with Gasteiger partial charge in [-0.1, -0.05) is 12.1 Å². The van der Waals surface area contributed by atoms with Gasteiger partial charge < -0.3 is 15.5 Å². The number of benzene rings is 1. The largest absolute Gasteiger partial charge is 0.368 e. The van der Waals surface area contributed by atoms with Crippen molar-refractivity contribution in [3.8, 4) is 11.1 Å². The Morgan fingerprint density at radius 2 is 1.83 bits per heavy atom. The molecule has 6 nitrogen and oxygen atoms in total. The minimum absolute atomic E-state index is 0.0697. The maximum Gasteiger partial charge on any atom is 0.226 e. The lowest BCUT2D eigenvalue weighted by atomic mass is 9.90. The zero-order chi connectivity index (χ0) is 20.4. The third-order valence-electron chi connectivity index (χ3n) is 6.16. The fourth-order valence-corrected chi connectivity index (χ4v) is 4.48. The number of amides is 1. The van der Waals surface area contributed by atoms with Gasteiger partial charge in [0.15, 0.2) is 0 Å². The van der Waals surface area contributed by atoms with Gasteiger partial charge >= 0.3 is 0 Å².